The number of hydrogen-bond donors (Lipinski definition) is 1. The second-order valence-electron chi connectivity index (χ2n) is 7.05. The third-order valence-corrected chi connectivity index (χ3v) is 5.16. The fourth-order valence-electron chi connectivity index (χ4n) is 3.25. The predicted molar refractivity (Wildman–Crippen MR) is 128 cm³/mol. The molecule has 6 heteroatoms. The molecule has 0 bridgehead atoms. The van der Waals surface area contributed by atoms with Gasteiger partial charge in [-0.25, -0.2) is 5.43 Å². The summed E-state index contributed by atoms with van der Waals surface area (Å²) in [7, 11) is 1.54. The summed E-state index contributed by atoms with van der Waals surface area (Å²) in [5, 5.41) is 6.75. The van der Waals surface area contributed by atoms with Crippen LogP contribution in [0.15, 0.2) is 90.0 Å². The van der Waals surface area contributed by atoms with Crippen LogP contribution in [0.4, 0.5) is 0 Å². The number of halogens is 1. The average molecular weight is 445 g/mol. The summed E-state index contributed by atoms with van der Waals surface area (Å²) >= 11 is 5.93. The number of fused-ring (bicyclic) bond motifs is 1. The van der Waals surface area contributed by atoms with Crippen molar-refractivity contribution < 1.29 is 14.3 Å². The Bertz CT molecular complexity index is 1270. The van der Waals surface area contributed by atoms with Gasteiger partial charge in [0, 0.05) is 10.6 Å². The van der Waals surface area contributed by atoms with E-state index in [-0.39, 0.29) is 5.91 Å². The fourth-order valence-corrected chi connectivity index (χ4v) is 3.37. The van der Waals surface area contributed by atoms with Gasteiger partial charge in [0.25, 0.3) is 5.91 Å². The number of benzene rings is 4. The monoisotopic (exact) mass is 444 g/mol. The zero-order valence-electron chi connectivity index (χ0n) is 17.4. The Labute approximate surface area is 191 Å². The molecule has 0 aromatic heterocycles. The van der Waals surface area contributed by atoms with Crippen molar-refractivity contribution >= 4 is 34.5 Å². The van der Waals surface area contributed by atoms with Gasteiger partial charge in [0.05, 0.1) is 18.9 Å². The van der Waals surface area contributed by atoms with Gasteiger partial charge in [-0.3, -0.25) is 4.79 Å². The minimum atomic E-state index is -0.358. The minimum Gasteiger partial charge on any atom is -0.496 e. The van der Waals surface area contributed by atoms with Crippen LogP contribution in [0.5, 0.6) is 11.5 Å². The number of ether oxygens (including phenoxy) is 2. The van der Waals surface area contributed by atoms with Gasteiger partial charge >= 0.3 is 0 Å². The topological polar surface area (TPSA) is 59.9 Å². The van der Waals surface area contributed by atoms with Crippen molar-refractivity contribution in [3.63, 3.8) is 0 Å². The molecule has 4 aromatic carbocycles. The van der Waals surface area contributed by atoms with E-state index in [1.165, 1.54) is 0 Å². The number of hydrazone groups is 1. The first kappa shape index (κ1) is 21.4. The molecule has 0 aliphatic heterocycles. The van der Waals surface area contributed by atoms with E-state index in [0.717, 1.165) is 21.9 Å². The molecule has 0 unspecified atom stereocenters. The molecule has 0 aliphatic carbocycles. The van der Waals surface area contributed by atoms with Gasteiger partial charge in [-0.2, -0.15) is 5.10 Å². The van der Waals surface area contributed by atoms with Gasteiger partial charge in [0.1, 0.15) is 18.1 Å². The van der Waals surface area contributed by atoms with Gasteiger partial charge in [-0.1, -0.05) is 60.1 Å². The second-order valence-corrected chi connectivity index (χ2v) is 7.49. The highest BCUT2D eigenvalue weighted by atomic mass is 35.5. The quantitative estimate of drug-likeness (QED) is 0.287. The van der Waals surface area contributed by atoms with E-state index < -0.39 is 0 Å². The molecule has 1 amide bonds. The Morgan fingerprint density at radius 2 is 1.62 bits per heavy atom. The maximum Gasteiger partial charge on any atom is 0.275 e. The van der Waals surface area contributed by atoms with E-state index in [2.05, 4.69) is 10.5 Å². The van der Waals surface area contributed by atoms with E-state index >= 15 is 0 Å². The Hall–Kier alpha value is -3.83. The number of carbonyl (C=O) groups excluding carboxylic acids is 1. The van der Waals surface area contributed by atoms with Gasteiger partial charge in [-0.15, -0.1) is 0 Å². The summed E-state index contributed by atoms with van der Waals surface area (Å²) < 4.78 is 11.3. The van der Waals surface area contributed by atoms with Crippen LogP contribution in [0.1, 0.15) is 21.5 Å². The Balaban J connectivity index is 1.47. The summed E-state index contributed by atoms with van der Waals surface area (Å²) in [5.74, 6) is 0.787. The number of hydrogen-bond acceptors (Lipinski definition) is 4. The summed E-state index contributed by atoms with van der Waals surface area (Å²) in [4.78, 5) is 12.7. The SMILES string of the molecule is COc1cc2ccccc2cc1C(=O)NN=Cc1ccccc1OCc1ccc(Cl)cc1. The largest absolute Gasteiger partial charge is 0.496 e. The number of nitrogens with zero attached hydrogens (tertiary/aromatic N) is 1. The first-order valence-electron chi connectivity index (χ1n) is 10.0. The predicted octanol–water partition coefficient (Wildman–Crippen LogP) is 5.84. The van der Waals surface area contributed by atoms with Gasteiger partial charge in [0.15, 0.2) is 0 Å². The molecule has 0 heterocycles. The van der Waals surface area contributed by atoms with Gasteiger partial charge < -0.3 is 9.47 Å². The molecule has 0 spiro atoms. The van der Waals surface area contributed by atoms with E-state index in [4.69, 9.17) is 21.1 Å². The van der Waals surface area contributed by atoms with Gasteiger partial charge in [0.2, 0.25) is 0 Å². The summed E-state index contributed by atoms with van der Waals surface area (Å²) in [6.07, 6.45) is 1.56. The lowest BCUT2D eigenvalue weighted by atomic mass is 10.1. The van der Waals surface area contributed by atoms with Crippen LogP contribution in [0.3, 0.4) is 0 Å². The molecule has 160 valence electrons. The lowest BCUT2D eigenvalue weighted by Crippen LogP contribution is -2.18. The van der Waals surface area contributed by atoms with Crippen molar-refractivity contribution in [2.45, 2.75) is 6.61 Å². The minimum absolute atomic E-state index is 0.358. The van der Waals surface area contributed by atoms with Crippen molar-refractivity contribution in [1.29, 1.82) is 0 Å². The zero-order valence-corrected chi connectivity index (χ0v) is 18.2. The van der Waals surface area contributed by atoms with Crippen molar-refractivity contribution in [2.75, 3.05) is 7.11 Å². The number of methoxy groups -OCH3 is 1. The highest BCUT2D eigenvalue weighted by Gasteiger charge is 2.13. The first-order chi connectivity index (χ1) is 15.6. The van der Waals surface area contributed by atoms with Crippen LogP contribution < -0.4 is 14.9 Å². The smallest absolute Gasteiger partial charge is 0.275 e. The molecular formula is C26H21ClN2O3. The van der Waals surface area contributed by atoms with Crippen molar-refractivity contribution in [3.8, 4) is 11.5 Å². The third kappa shape index (κ3) is 5.07. The third-order valence-electron chi connectivity index (χ3n) is 4.91. The molecule has 32 heavy (non-hydrogen) atoms. The first-order valence-corrected chi connectivity index (χ1v) is 10.4. The Morgan fingerprint density at radius 3 is 2.38 bits per heavy atom. The molecule has 0 saturated carbocycles. The number of rotatable bonds is 7. The fraction of sp³-hybridized carbons (Fsp3) is 0.0769. The molecule has 4 rings (SSSR count). The van der Waals surface area contributed by atoms with E-state index in [0.29, 0.717) is 28.7 Å². The lowest BCUT2D eigenvalue weighted by molar-refractivity contribution is 0.0952. The van der Waals surface area contributed by atoms with E-state index in [1.54, 1.807) is 19.4 Å². The molecule has 0 fully saturated rings. The standard InChI is InChI=1S/C26H21ClN2O3/c1-31-25-15-20-7-3-2-6-19(20)14-23(25)26(30)29-28-16-21-8-4-5-9-24(21)32-17-18-10-12-22(27)13-11-18/h2-16H,17H2,1H3,(H,29,30). The van der Waals surface area contributed by atoms with Crippen molar-refractivity contribution in [3.05, 3.63) is 107 Å². The molecule has 0 saturated heterocycles. The summed E-state index contributed by atoms with van der Waals surface area (Å²) in [6.45, 7) is 0.392. The van der Waals surface area contributed by atoms with Crippen LogP contribution in [-0.4, -0.2) is 19.2 Å². The van der Waals surface area contributed by atoms with Crippen molar-refractivity contribution in [1.82, 2.24) is 5.43 Å². The Morgan fingerprint density at radius 1 is 0.938 bits per heavy atom. The number of carbonyl (C=O) groups is 1. The maximum absolute atomic E-state index is 12.7. The summed E-state index contributed by atoms with van der Waals surface area (Å²) in [5.41, 5.74) is 4.73. The average Bonchev–Trinajstić information content (AvgIpc) is 2.83. The normalized spacial score (nSPS) is 10.9. The van der Waals surface area contributed by atoms with Crippen LogP contribution >= 0.6 is 11.6 Å². The highest BCUT2D eigenvalue weighted by Crippen LogP contribution is 2.26. The van der Waals surface area contributed by atoms with Crippen LogP contribution in [0.2, 0.25) is 5.02 Å². The van der Waals surface area contributed by atoms with Crippen molar-refractivity contribution in [2.24, 2.45) is 5.10 Å². The van der Waals surface area contributed by atoms with Crippen LogP contribution in [0, 0.1) is 0 Å². The van der Waals surface area contributed by atoms with E-state index in [9.17, 15) is 4.79 Å². The zero-order chi connectivity index (χ0) is 22.3. The second kappa shape index (κ2) is 9.98. The highest BCUT2D eigenvalue weighted by molar-refractivity contribution is 6.30. The molecule has 0 aliphatic rings. The molecule has 5 nitrogen and oxygen atoms in total. The molecular weight excluding hydrogens is 424 g/mol. The van der Waals surface area contributed by atoms with E-state index in [1.807, 2.05) is 78.9 Å². The number of para-hydroxylation sites is 1. The molecule has 4 aromatic rings. The van der Waals surface area contributed by atoms with Crippen LogP contribution in [-0.2, 0) is 6.61 Å². The van der Waals surface area contributed by atoms with Crippen LogP contribution in [0.25, 0.3) is 10.8 Å². The maximum atomic E-state index is 12.7. The number of nitrogens with one attached hydrogen (secondary N) is 1. The molecule has 0 radical (unpaired) electrons. The Kier molecular flexibility index (Phi) is 6.68. The van der Waals surface area contributed by atoms with Gasteiger partial charge in [-0.05, 0) is 52.7 Å². The molecule has 0 atom stereocenters. The number of amides is 1. The summed E-state index contributed by atoms with van der Waals surface area (Å²) in [6, 6.07) is 26.4. The lowest BCUT2D eigenvalue weighted by Gasteiger charge is -2.10. The molecule has 1 N–H and O–H groups in total.